The van der Waals surface area contributed by atoms with Crippen molar-refractivity contribution < 1.29 is 19.4 Å². The Morgan fingerprint density at radius 1 is 1.35 bits per heavy atom. The van der Waals surface area contributed by atoms with Crippen molar-refractivity contribution in [3.05, 3.63) is 24.3 Å². The molecule has 9 nitrogen and oxygen atoms in total. The summed E-state index contributed by atoms with van der Waals surface area (Å²) in [5.41, 5.74) is 0.655. The van der Waals surface area contributed by atoms with Gasteiger partial charge in [-0.3, -0.25) is 9.59 Å². The largest absolute Gasteiger partial charge is 0.508 e. The number of phenols is 1. The molecule has 1 amide bonds. The number of nitrogens with one attached hydrogen (secondary N) is 1. The molecule has 0 fully saturated rings. The number of phenolic OH excluding ortho intramolecular Hbond substituents is 1. The Bertz CT molecular complexity index is 673. The number of hydrogen-bond donors (Lipinski definition) is 2. The number of aromatic hydroxyl groups is 1. The van der Waals surface area contributed by atoms with E-state index in [1.54, 1.807) is 19.1 Å². The third kappa shape index (κ3) is 4.95. The van der Waals surface area contributed by atoms with Gasteiger partial charge in [0.25, 0.3) is 0 Å². The van der Waals surface area contributed by atoms with Gasteiger partial charge in [-0.1, -0.05) is 11.8 Å². The Balaban J connectivity index is 1.89. The lowest BCUT2D eigenvalue weighted by atomic mass is 10.3. The molecule has 10 heteroatoms. The van der Waals surface area contributed by atoms with Crippen molar-refractivity contribution >= 4 is 23.6 Å². The van der Waals surface area contributed by atoms with Gasteiger partial charge in [0.2, 0.25) is 11.1 Å². The molecule has 0 aliphatic heterocycles. The van der Waals surface area contributed by atoms with Crippen LogP contribution in [0.4, 0.5) is 0 Å². The minimum atomic E-state index is -0.486. The quantitative estimate of drug-likeness (QED) is 0.541. The summed E-state index contributed by atoms with van der Waals surface area (Å²) >= 11 is 1.13. The van der Waals surface area contributed by atoms with Crippen LogP contribution < -0.4 is 5.32 Å². The van der Waals surface area contributed by atoms with Crippen molar-refractivity contribution in [3.63, 3.8) is 0 Å². The van der Waals surface area contributed by atoms with E-state index in [0.29, 0.717) is 10.8 Å². The van der Waals surface area contributed by atoms with E-state index in [0.717, 1.165) is 11.8 Å². The lowest BCUT2D eigenvalue weighted by Gasteiger charge is -2.05. The number of carbonyl (C=O) groups excluding carboxylic acids is 2. The van der Waals surface area contributed by atoms with Gasteiger partial charge in [-0.15, -0.1) is 5.10 Å². The van der Waals surface area contributed by atoms with Gasteiger partial charge in [0, 0.05) is 0 Å². The maximum atomic E-state index is 11.7. The highest BCUT2D eigenvalue weighted by molar-refractivity contribution is 7.99. The number of esters is 1. The number of rotatable bonds is 7. The lowest BCUT2D eigenvalue weighted by molar-refractivity contribution is -0.143. The zero-order valence-corrected chi connectivity index (χ0v) is 13.1. The van der Waals surface area contributed by atoms with E-state index >= 15 is 0 Å². The molecule has 2 aromatic rings. The molecule has 2 rings (SSSR count). The smallest absolute Gasteiger partial charge is 0.325 e. The Hall–Kier alpha value is -2.62. The molecule has 0 saturated heterocycles. The third-order valence-corrected chi connectivity index (χ3v) is 3.52. The minimum absolute atomic E-state index is 0.0534. The van der Waals surface area contributed by atoms with Crippen LogP contribution in [-0.2, 0) is 14.3 Å². The van der Waals surface area contributed by atoms with E-state index in [1.165, 1.54) is 16.8 Å². The molecule has 0 aliphatic carbocycles. The monoisotopic (exact) mass is 337 g/mol. The number of nitrogens with zero attached hydrogens (tertiary/aromatic N) is 4. The van der Waals surface area contributed by atoms with Gasteiger partial charge in [0.1, 0.15) is 12.3 Å². The summed E-state index contributed by atoms with van der Waals surface area (Å²) in [5, 5.41) is 23.4. The number of benzene rings is 1. The Labute approximate surface area is 136 Å². The number of aromatic nitrogens is 4. The molecule has 2 N–H and O–H groups in total. The molecule has 0 bridgehead atoms. The highest BCUT2D eigenvalue weighted by atomic mass is 32.2. The molecule has 0 spiro atoms. The van der Waals surface area contributed by atoms with Crippen molar-refractivity contribution in [2.75, 3.05) is 18.9 Å². The summed E-state index contributed by atoms with van der Waals surface area (Å²) in [6.07, 6.45) is 0. The molecule has 122 valence electrons. The number of thioether (sulfide) groups is 1. The molecule has 0 radical (unpaired) electrons. The summed E-state index contributed by atoms with van der Waals surface area (Å²) < 4.78 is 6.16. The maximum Gasteiger partial charge on any atom is 0.325 e. The average molecular weight is 337 g/mol. The first-order valence-electron chi connectivity index (χ1n) is 6.73. The topological polar surface area (TPSA) is 119 Å². The van der Waals surface area contributed by atoms with Crippen LogP contribution in [0.1, 0.15) is 6.92 Å². The Morgan fingerprint density at radius 3 is 2.78 bits per heavy atom. The third-order valence-electron chi connectivity index (χ3n) is 2.60. The van der Waals surface area contributed by atoms with Gasteiger partial charge in [-0.05, 0) is 41.6 Å². The van der Waals surface area contributed by atoms with Gasteiger partial charge in [-0.25, -0.2) is 0 Å². The van der Waals surface area contributed by atoms with E-state index < -0.39 is 5.97 Å². The van der Waals surface area contributed by atoms with Gasteiger partial charge in [0.05, 0.1) is 18.0 Å². The van der Waals surface area contributed by atoms with Crippen molar-refractivity contribution in [2.24, 2.45) is 0 Å². The van der Waals surface area contributed by atoms with Crippen LogP contribution >= 0.6 is 11.8 Å². The second kappa shape index (κ2) is 8.13. The molecule has 1 aromatic heterocycles. The molecular weight excluding hydrogens is 322 g/mol. The SMILES string of the molecule is CCOC(=O)CNC(=O)CSc1nnnn1-c1ccc(O)cc1. The molecule has 0 unspecified atom stereocenters. The Kier molecular flexibility index (Phi) is 5.92. The van der Waals surface area contributed by atoms with Crippen molar-refractivity contribution in [3.8, 4) is 11.4 Å². The van der Waals surface area contributed by atoms with Crippen LogP contribution in [0.15, 0.2) is 29.4 Å². The minimum Gasteiger partial charge on any atom is -0.508 e. The summed E-state index contributed by atoms with van der Waals surface area (Å²) in [6.45, 7) is 1.79. The van der Waals surface area contributed by atoms with Crippen molar-refractivity contribution in [1.29, 1.82) is 0 Å². The van der Waals surface area contributed by atoms with Gasteiger partial charge >= 0.3 is 5.97 Å². The van der Waals surface area contributed by atoms with E-state index in [9.17, 15) is 14.7 Å². The van der Waals surface area contributed by atoms with Crippen LogP contribution in [0.3, 0.4) is 0 Å². The normalized spacial score (nSPS) is 10.3. The number of carbonyl (C=O) groups is 2. The first-order valence-corrected chi connectivity index (χ1v) is 7.71. The molecule has 0 atom stereocenters. The lowest BCUT2D eigenvalue weighted by Crippen LogP contribution is -2.31. The highest BCUT2D eigenvalue weighted by Crippen LogP contribution is 2.19. The number of ether oxygens (including phenoxy) is 1. The zero-order chi connectivity index (χ0) is 16.7. The standard InChI is InChI=1S/C13H15N5O4S/c1-2-22-12(21)7-14-11(20)8-23-13-15-16-17-18(13)9-3-5-10(19)6-4-9/h3-6,19H,2,7-8H2,1H3,(H,14,20). The van der Waals surface area contributed by atoms with Crippen molar-refractivity contribution in [2.45, 2.75) is 12.1 Å². The van der Waals surface area contributed by atoms with Crippen molar-refractivity contribution in [1.82, 2.24) is 25.5 Å². The molecule has 0 saturated carbocycles. The molecular formula is C13H15N5O4S. The van der Waals surface area contributed by atoms with E-state index in [1.807, 2.05) is 0 Å². The van der Waals surface area contributed by atoms with Crippen LogP contribution in [0.5, 0.6) is 5.75 Å². The fourth-order valence-corrected chi connectivity index (χ4v) is 2.31. The summed E-state index contributed by atoms with van der Waals surface area (Å²) in [7, 11) is 0. The van der Waals surface area contributed by atoms with E-state index in [2.05, 4.69) is 20.8 Å². The average Bonchev–Trinajstić information content (AvgIpc) is 3.00. The summed E-state index contributed by atoms with van der Waals surface area (Å²) in [5.74, 6) is -0.629. The second-order valence-corrected chi connectivity index (χ2v) is 5.20. The fourth-order valence-electron chi connectivity index (χ4n) is 1.59. The zero-order valence-electron chi connectivity index (χ0n) is 12.3. The number of amides is 1. The Morgan fingerprint density at radius 2 is 2.09 bits per heavy atom. The van der Waals surface area contributed by atoms with Gasteiger partial charge < -0.3 is 15.2 Å². The number of tetrazole rings is 1. The predicted octanol–water partition coefficient (Wildman–Crippen LogP) is 0.139. The number of hydrogen-bond acceptors (Lipinski definition) is 8. The van der Waals surface area contributed by atoms with Crippen LogP contribution in [0.25, 0.3) is 5.69 Å². The van der Waals surface area contributed by atoms with Crippen LogP contribution in [-0.4, -0.2) is 56.1 Å². The molecule has 23 heavy (non-hydrogen) atoms. The molecule has 1 aromatic carbocycles. The maximum absolute atomic E-state index is 11.7. The highest BCUT2D eigenvalue weighted by Gasteiger charge is 2.12. The first-order chi connectivity index (χ1) is 11.1. The summed E-state index contributed by atoms with van der Waals surface area (Å²) in [6, 6.07) is 6.32. The first kappa shape index (κ1) is 16.7. The van der Waals surface area contributed by atoms with Gasteiger partial charge in [0.15, 0.2) is 0 Å². The fraction of sp³-hybridized carbons (Fsp3) is 0.308. The second-order valence-electron chi connectivity index (χ2n) is 4.26. The molecule has 1 heterocycles. The van der Waals surface area contributed by atoms with E-state index in [4.69, 9.17) is 4.74 Å². The molecule has 0 aliphatic rings. The van der Waals surface area contributed by atoms with Gasteiger partial charge in [-0.2, -0.15) is 4.68 Å². The van der Waals surface area contributed by atoms with Crippen LogP contribution in [0, 0.1) is 0 Å². The summed E-state index contributed by atoms with van der Waals surface area (Å²) in [4.78, 5) is 22.8. The van der Waals surface area contributed by atoms with Crippen LogP contribution in [0.2, 0.25) is 0 Å². The predicted molar refractivity (Wildman–Crippen MR) is 81.2 cm³/mol. The van der Waals surface area contributed by atoms with E-state index in [-0.39, 0.29) is 30.6 Å².